The van der Waals surface area contributed by atoms with E-state index in [0.29, 0.717) is 6.42 Å². The highest BCUT2D eigenvalue weighted by Crippen LogP contribution is 2.46. The van der Waals surface area contributed by atoms with E-state index in [-0.39, 0.29) is 17.0 Å². The second kappa shape index (κ2) is 12.5. The third kappa shape index (κ3) is 5.13. The lowest BCUT2D eigenvalue weighted by molar-refractivity contribution is -0.118. The number of hydrogen-bond donors (Lipinski definition) is 0. The van der Waals surface area contributed by atoms with Crippen molar-refractivity contribution in [3.63, 3.8) is 0 Å². The second-order valence-electron chi connectivity index (χ2n) is 9.28. The van der Waals surface area contributed by atoms with Crippen LogP contribution >= 0.6 is 23.2 Å². The van der Waals surface area contributed by atoms with E-state index in [1.54, 1.807) is 14.2 Å². The molecule has 0 spiro atoms. The Balaban J connectivity index is 0.00000103. The molecule has 1 heterocycles. The summed E-state index contributed by atoms with van der Waals surface area (Å²) in [6.45, 7) is 0. The third-order valence-electron chi connectivity index (χ3n) is 7.13. The minimum atomic E-state index is -0.332. The maximum Gasteiger partial charge on any atom is 0.150 e. The number of rotatable bonds is 6. The number of nitrogens with zero attached hydrogens (tertiary/aromatic N) is 1. The van der Waals surface area contributed by atoms with E-state index in [4.69, 9.17) is 32.7 Å². The first-order valence-electron chi connectivity index (χ1n) is 12.9. The molecule has 1 aliphatic rings. The van der Waals surface area contributed by atoms with Gasteiger partial charge in [-0.05, 0) is 41.0 Å². The van der Waals surface area contributed by atoms with Crippen molar-refractivity contribution in [3.05, 3.63) is 126 Å². The van der Waals surface area contributed by atoms with E-state index < -0.39 is 0 Å². The van der Waals surface area contributed by atoms with Crippen LogP contribution in [0.4, 0.5) is 0 Å². The average molecular weight is 571 g/mol. The standard InChI is InChI=1S/C33H27NO3.CH2Cl2/c1-36-29-18-11-19-30(37-2)32(29)25-16-9-10-17-26(25)34-27(22-12-5-3-6-13-22)20-24-21-28(35)31(33(24)34)23-14-7-4-8-15-23;2-1-3/h3-20,31H,21H2,1-2H3;1H2/t31-;/m1./s1. The molecule has 4 nitrogen and oxygen atoms in total. The molecule has 202 valence electrons. The number of benzene rings is 4. The molecule has 5 aromatic rings. The van der Waals surface area contributed by atoms with Gasteiger partial charge in [-0.25, -0.2) is 0 Å². The smallest absolute Gasteiger partial charge is 0.150 e. The van der Waals surface area contributed by atoms with E-state index in [2.05, 4.69) is 34.9 Å². The number of fused-ring (bicyclic) bond motifs is 1. The van der Waals surface area contributed by atoms with Crippen molar-refractivity contribution in [2.45, 2.75) is 12.3 Å². The normalized spacial score (nSPS) is 13.8. The van der Waals surface area contributed by atoms with Crippen molar-refractivity contribution in [2.24, 2.45) is 0 Å². The van der Waals surface area contributed by atoms with Crippen molar-refractivity contribution >= 4 is 29.0 Å². The van der Waals surface area contributed by atoms with Crippen molar-refractivity contribution < 1.29 is 14.3 Å². The van der Waals surface area contributed by atoms with Crippen molar-refractivity contribution in [2.75, 3.05) is 19.6 Å². The Morgan fingerprint density at radius 3 is 1.98 bits per heavy atom. The van der Waals surface area contributed by atoms with Crippen LogP contribution in [0.3, 0.4) is 0 Å². The molecule has 0 amide bonds. The zero-order valence-corrected chi connectivity index (χ0v) is 23.8. The molecule has 1 atom stereocenters. The van der Waals surface area contributed by atoms with Gasteiger partial charge in [0.25, 0.3) is 0 Å². The molecule has 0 aliphatic heterocycles. The van der Waals surface area contributed by atoms with Gasteiger partial charge in [-0.15, -0.1) is 23.2 Å². The number of carbonyl (C=O) groups excluding carboxylic acids is 1. The molecule has 0 radical (unpaired) electrons. The SMILES string of the molecule is COc1cccc(OC)c1-c1ccccc1-n1c(-c2ccccc2)cc2c1[C@H](c1ccccc1)C(=O)C2.ClCCl. The highest BCUT2D eigenvalue weighted by Gasteiger charge is 2.37. The highest BCUT2D eigenvalue weighted by molar-refractivity contribution is 6.40. The Hall–Kier alpha value is -3.99. The van der Waals surface area contributed by atoms with Gasteiger partial charge in [-0.3, -0.25) is 4.79 Å². The summed E-state index contributed by atoms with van der Waals surface area (Å²) >= 11 is 9.53. The molecule has 0 bridgehead atoms. The molecule has 6 rings (SSSR count). The number of methoxy groups -OCH3 is 2. The summed E-state index contributed by atoms with van der Waals surface area (Å²) in [7, 11) is 3.35. The van der Waals surface area contributed by atoms with Crippen LogP contribution in [0.1, 0.15) is 22.7 Å². The summed E-state index contributed by atoms with van der Waals surface area (Å²) in [6, 6.07) is 36.7. The van der Waals surface area contributed by atoms with Gasteiger partial charge in [0.1, 0.15) is 11.5 Å². The molecule has 0 unspecified atom stereocenters. The lowest BCUT2D eigenvalue weighted by atomic mass is 9.95. The van der Waals surface area contributed by atoms with Crippen LogP contribution in [0.2, 0.25) is 0 Å². The minimum Gasteiger partial charge on any atom is -0.496 e. The maximum atomic E-state index is 13.4. The van der Waals surface area contributed by atoms with Gasteiger partial charge in [-0.2, -0.15) is 0 Å². The topological polar surface area (TPSA) is 40.5 Å². The molecule has 6 heteroatoms. The number of hydrogen-bond acceptors (Lipinski definition) is 3. The minimum absolute atomic E-state index is 0.194. The van der Waals surface area contributed by atoms with Crippen LogP contribution in [0.25, 0.3) is 28.1 Å². The molecule has 0 N–H and O–H groups in total. The molecular weight excluding hydrogens is 541 g/mol. The summed E-state index contributed by atoms with van der Waals surface area (Å²) in [5.74, 6) is 1.35. The fourth-order valence-corrected chi connectivity index (χ4v) is 5.54. The Labute approximate surface area is 244 Å². The Morgan fingerprint density at radius 1 is 0.775 bits per heavy atom. The first-order chi connectivity index (χ1) is 19.6. The molecule has 40 heavy (non-hydrogen) atoms. The van der Waals surface area contributed by atoms with E-state index in [1.807, 2.05) is 78.9 Å². The van der Waals surface area contributed by atoms with Gasteiger partial charge < -0.3 is 14.0 Å². The summed E-state index contributed by atoms with van der Waals surface area (Å²) in [5, 5.41) is 0.194. The van der Waals surface area contributed by atoms with Crippen molar-refractivity contribution in [1.82, 2.24) is 4.57 Å². The summed E-state index contributed by atoms with van der Waals surface area (Å²) in [6.07, 6.45) is 0.419. The molecule has 1 aliphatic carbocycles. The van der Waals surface area contributed by atoms with Gasteiger partial charge in [0.2, 0.25) is 0 Å². The number of ether oxygens (including phenoxy) is 2. The largest absolute Gasteiger partial charge is 0.496 e. The quantitative estimate of drug-likeness (QED) is 0.192. The van der Waals surface area contributed by atoms with E-state index in [1.165, 1.54) is 0 Å². The molecule has 4 aromatic carbocycles. The summed E-state index contributed by atoms with van der Waals surface area (Å²) < 4.78 is 13.8. The monoisotopic (exact) mass is 569 g/mol. The fraction of sp³-hybridized carbons (Fsp3) is 0.147. The van der Waals surface area contributed by atoms with E-state index >= 15 is 0 Å². The van der Waals surface area contributed by atoms with Crippen LogP contribution in [0.15, 0.2) is 109 Å². The fourth-order valence-electron chi connectivity index (χ4n) is 5.54. The molecule has 0 saturated heterocycles. The van der Waals surface area contributed by atoms with Crippen molar-refractivity contribution in [1.29, 1.82) is 0 Å². The zero-order chi connectivity index (χ0) is 28.1. The second-order valence-corrected chi connectivity index (χ2v) is 10.1. The number of halogens is 2. The average Bonchev–Trinajstić information content (AvgIpc) is 3.52. The van der Waals surface area contributed by atoms with Crippen LogP contribution in [-0.4, -0.2) is 29.9 Å². The number of carbonyl (C=O) groups is 1. The number of ketones is 1. The van der Waals surface area contributed by atoms with Gasteiger partial charge in [0.15, 0.2) is 5.78 Å². The van der Waals surface area contributed by atoms with Crippen LogP contribution < -0.4 is 9.47 Å². The Kier molecular flexibility index (Phi) is 8.59. The van der Waals surface area contributed by atoms with Crippen LogP contribution in [-0.2, 0) is 11.2 Å². The van der Waals surface area contributed by atoms with Crippen LogP contribution in [0, 0.1) is 0 Å². The first-order valence-corrected chi connectivity index (χ1v) is 14.0. The van der Waals surface area contributed by atoms with Gasteiger partial charge >= 0.3 is 0 Å². The zero-order valence-electron chi connectivity index (χ0n) is 22.3. The van der Waals surface area contributed by atoms with Crippen molar-refractivity contribution in [3.8, 4) is 39.6 Å². The number of para-hydroxylation sites is 1. The van der Waals surface area contributed by atoms with E-state index in [0.717, 1.165) is 56.4 Å². The lowest BCUT2D eigenvalue weighted by Gasteiger charge is -2.22. The van der Waals surface area contributed by atoms with Gasteiger partial charge in [0, 0.05) is 17.7 Å². The predicted molar refractivity (Wildman–Crippen MR) is 163 cm³/mol. The molecule has 1 aromatic heterocycles. The molecular formula is C34H29Cl2NO3. The van der Waals surface area contributed by atoms with E-state index in [9.17, 15) is 4.79 Å². The molecule has 0 saturated carbocycles. The summed E-state index contributed by atoms with van der Waals surface area (Å²) in [5.41, 5.74) is 8.08. The summed E-state index contributed by atoms with van der Waals surface area (Å²) in [4.78, 5) is 13.4. The molecule has 0 fully saturated rings. The highest BCUT2D eigenvalue weighted by atomic mass is 35.5. The Morgan fingerprint density at radius 2 is 1.35 bits per heavy atom. The third-order valence-corrected chi connectivity index (χ3v) is 7.13. The number of aromatic nitrogens is 1. The predicted octanol–water partition coefficient (Wildman–Crippen LogP) is 8.51. The lowest BCUT2D eigenvalue weighted by Crippen LogP contribution is -2.14. The number of alkyl halides is 2. The number of Topliss-reactive ketones (excluding diaryl/α,β-unsaturated/α-hetero) is 1. The van der Waals surface area contributed by atoms with Gasteiger partial charge in [-0.1, -0.05) is 84.9 Å². The maximum absolute atomic E-state index is 13.4. The first kappa shape index (κ1) is 27.6. The Bertz CT molecular complexity index is 1590. The van der Waals surface area contributed by atoms with Gasteiger partial charge in [0.05, 0.1) is 42.4 Å². The van der Waals surface area contributed by atoms with Crippen LogP contribution in [0.5, 0.6) is 11.5 Å².